The van der Waals surface area contributed by atoms with Crippen LogP contribution in [0.25, 0.3) is 0 Å². The van der Waals surface area contributed by atoms with E-state index in [9.17, 15) is 19.5 Å². The van der Waals surface area contributed by atoms with Crippen molar-refractivity contribution in [3.05, 3.63) is 69.3 Å². The number of fused-ring (bicyclic) bond motifs is 4. The normalized spacial score (nSPS) is 26.5. The number of benzene rings is 2. The summed E-state index contributed by atoms with van der Waals surface area (Å²) >= 11 is 2.24. The van der Waals surface area contributed by atoms with Crippen molar-refractivity contribution in [3.8, 4) is 0 Å². The highest BCUT2D eigenvalue weighted by molar-refractivity contribution is 14.1. The first-order valence-electron chi connectivity index (χ1n) is 21.8. The van der Waals surface area contributed by atoms with Gasteiger partial charge in [-0.25, -0.2) is 0 Å². The molecule has 2 bridgehead atoms. The van der Waals surface area contributed by atoms with E-state index >= 15 is 4.79 Å². The van der Waals surface area contributed by atoms with Crippen molar-refractivity contribution in [2.24, 2.45) is 5.41 Å². The van der Waals surface area contributed by atoms with Crippen LogP contribution in [0, 0.1) is 8.99 Å². The molecular weight excluding hydrogens is 881 g/mol. The highest BCUT2D eigenvalue weighted by Crippen LogP contribution is 2.58. The van der Waals surface area contributed by atoms with Gasteiger partial charge < -0.3 is 34.3 Å². The van der Waals surface area contributed by atoms with Crippen LogP contribution in [0.4, 0.5) is 0 Å². The Morgan fingerprint density at radius 3 is 2.23 bits per heavy atom. The van der Waals surface area contributed by atoms with Crippen LogP contribution in [0.15, 0.2) is 54.6 Å². The van der Waals surface area contributed by atoms with Gasteiger partial charge in [0, 0.05) is 42.7 Å². The summed E-state index contributed by atoms with van der Waals surface area (Å²) in [5.74, 6) is -2.89. The van der Waals surface area contributed by atoms with E-state index in [0.717, 1.165) is 53.2 Å². The lowest BCUT2D eigenvalue weighted by Gasteiger charge is -2.50. The summed E-state index contributed by atoms with van der Waals surface area (Å²) in [7, 11) is 1.59. The first-order chi connectivity index (χ1) is 28.6. The number of nitrogens with zero attached hydrogens (tertiary/aromatic N) is 2. The fourth-order valence-electron chi connectivity index (χ4n) is 9.35. The molecule has 0 unspecified atom stereocenters. The van der Waals surface area contributed by atoms with Crippen LogP contribution in [0.3, 0.4) is 0 Å². The maximum Gasteiger partial charge on any atom is 0.327 e. The van der Waals surface area contributed by atoms with Gasteiger partial charge in [-0.05, 0) is 85.9 Å². The molecule has 330 valence electrons. The molecule has 3 aliphatic heterocycles. The predicted molar refractivity (Wildman–Crippen MR) is 232 cm³/mol. The number of aliphatic hydroxyl groups is 1. The molecule has 2 aromatic carbocycles. The lowest BCUT2D eigenvalue weighted by Crippen LogP contribution is -2.70. The number of esters is 2. The minimum absolute atomic E-state index is 0.0202. The third-order valence-electron chi connectivity index (χ3n) is 12.3. The Balaban J connectivity index is 1.35. The predicted octanol–water partition coefficient (Wildman–Crippen LogP) is 6.40. The number of rotatable bonds is 20. The second kappa shape index (κ2) is 19.9. The Bertz CT molecular complexity index is 1780. The van der Waals surface area contributed by atoms with Crippen LogP contribution in [0.1, 0.15) is 116 Å². The van der Waals surface area contributed by atoms with Crippen LogP contribution in [0.2, 0.25) is 0 Å². The van der Waals surface area contributed by atoms with Crippen molar-refractivity contribution < 1.29 is 48.1 Å². The van der Waals surface area contributed by atoms with Crippen LogP contribution in [-0.2, 0) is 55.9 Å². The van der Waals surface area contributed by atoms with Crippen molar-refractivity contribution in [1.29, 1.82) is 0 Å². The molecule has 0 aromatic heterocycles. The highest BCUT2D eigenvalue weighted by Gasteiger charge is 2.76. The summed E-state index contributed by atoms with van der Waals surface area (Å²) in [6.45, 7) is 9.42. The monoisotopic (exact) mass is 945 g/mol. The summed E-state index contributed by atoms with van der Waals surface area (Å²) in [6, 6.07) is 14.3. The molecule has 0 radical (unpaired) electrons. The number of carbonyl (C=O) groups excluding carboxylic acids is 4. The molecule has 60 heavy (non-hydrogen) atoms. The van der Waals surface area contributed by atoms with Gasteiger partial charge in [-0.15, -0.1) is 0 Å². The standard InChI is InChI=1S/C46H64IN3O10/c1-7-9-14-24-45(25-15-10-8-2)58-37-35-27-46(39(42(54)56-35)50(60-40(46)38(37)59-45)28-31-18-20-32(47)21-19-31)43(55)49(6)34(26-30-16-12-11-13-17-30)41(53)48-33(29-51)22-23-36(52)57-44(3,4)5/h11-13,16-21,33-35,37-40,51H,7-10,14-15,22-29H2,1-6H3,(H,48,53)/t33-,34+,35+,37-,38-,39+,40+,46+/m0/s1. The van der Waals surface area contributed by atoms with Crippen LogP contribution in [0.5, 0.6) is 0 Å². The SMILES string of the molecule is CCCCCC1(CCCCC)O[C@@H]2[C@H](O1)[C@H]1ON(Cc3ccc(I)cc3)[C@@H]3C(=O)O[C@@H]2C[C@]13C(=O)N(C)[C@H](Cc1ccccc1)C(=O)N[C@H](CO)CCC(=O)OC(C)(C)C. The number of amides is 2. The molecule has 8 atom stereocenters. The largest absolute Gasteiger partial charge is 0.460 e. The second-order valence-electron chi connectivity index (χ2n) is 18.0. The number of nitrogens with one attached hydrogen (secondary N) is 1. The molecule has 6 rings (SSSR count). The van der Waals surface area contributed by atoms with Gasteiger partial charge in [0.1, 0.15) is 41.5 Å². The maximum absolute atomic E-state index is 15.7. The number of aliphatic hydroxyl groups excluding tert-OH is 1. The minimum atomic E-state index is -1.49. The zero-order valence-corrected chi connectivity index (χ0v) is 38.2. The summed E-state index contributed by atoms with van der Waals surface area (Å²) in [5.41, 5.74) is -0.476. The van der Waals surface area contributed by atoms with Gasteiger partial charge in [0.05, 0.1) is 19.2 Å². The number of hydrogen-bond acceptors (Lipinski definition) is 11. The van der Waals surface area contributed by atoms with Crippen molar-refractivity contribution in [3.63, 3.8) is 0 Å². The van der Waals surface area contributed by atoms with Gasteiger partial charge in [-0.3, -0.25) is 24.0 Å². The van der Waals surface area contributed by atoms with Gasteiger partial charge >= 0.3 is 11.9 Å². The van der Waals surface area contributed by atoms with Gasteiger partial charge in [0.15, 0.2) is 11.8 Å². The van der Waals surface area contributed by atoms with Gasteiger partial charge in [0.2, 0.25) is 11.8 Å². The molecule has 0 spiro atoms. The lowest BCUT2D eigenvalue weighted by molar-refractivity contribution is -0.225. The topological polar surface area (TPSA) is 153 Å². The molecule has 13 nitrogen and oxygen atoms in total. The van der Waals surface area contributed by atoms with Gasteiger partial charge in [-0.2, -0.15) is 5.06 Å². The number of halogens is 1. The van der Waals surface area contributed by atoms with E-state index in [1.807, 2.05) is 54.6 Å². The number of ether oxygens (including phenoxy) is 4. The van der Waals surface area contributed by atoms with Crippen molar-refractivity contribution in [2.75, 3.05) is 13.7 Å². The van der Waals surface area contributed by atoms with E-state index < -0.39 is 89.7 Å². The number of carbonyl (C=O) groups is 4. The number of likely N-dealkylation sites (N-methyl/N-ethyl adjacent to an activating group) is 1. The van der Waals surface area contributed by atoms with Crippen LogP contribution in [-0.4, -0.2) is 106 Å². The third kappa shape index (κ3) is 10.4. The van der Waals surface area contributed by atoms with E-state index in [0.29, 0.717) is 12.8 Å². The minimum Gasteiger partial charge on any atom is -0.460 e. The fourth-order valence-corrected chi connectivity index (χ4v) is 9.71. The van der Waals surface area contributed by atoms with Crippen molar-refractivity contribution in [1.82, 2.24) is 15.3 Å². The zero-order chi connectivity index (χ0) is 43.2. The van der Waals surface area contributed by atoms with E-state index in [2.05, 4.69) is 41.8 Å². The Morgan fingerprint density at radius 1 is 0.967 bits per heavy atom. The molecule has 2 aromatic rings. The average molecular weight is 946 g/mol. The lowest BCUT2D eigenvalue weighted by atomic mass is 9.62. The Labute approximate surface area is 368 Å². The molecule has 1 saturated carbocycles. The molecule has 3 heterocycles. The van der Waals surface area contributed by atoms with E-state index in [1.165, 1.54) is 4.90 Å². The highest BCUT2D eigenvalue weighted by atomic mass is 127. The van der Waals surface area contributed by atoms with Crippen molar-refractivity contribution >= 4 is 46.3 Å². The molecular formula is C46H64IN3O10. The number of hydrogen-bond donors (Lipinski definition) is 2. The Hall–Kier alpha value is -3.15. The van der Waals surface area contributed by atoms with Gasteiger partial charge in [0.25, 0.3) is 0 Å². The third-order valence-corrected chi connectivity index (χ3v) is 13.0. The first-order valence-corrected chi connectivity index (χ1v) is 22.9. The summed E-state index contributed by atoms with van der Waals surface area (Å²) < 4.78 is 26.8. The quantitative estimate of drug-likeness (QED) is 0.0862. The van der Waals surface area contributed by atoms with Crippen molar-refractivity contribution in [2.45, 2.75) is 172 Å². The molecule has 4 aliphatic rings. The van der Waals surface area contributed by atoms with Crippen LogP contribution >= 0.6 is 22.6 Å². The number of hydroxylamine groups is 2. The molecule has 14 heteroatoms. The second-order valence-corrected chi connectivity index (χ2v) is 19.2. The maximum atomic E-state index is 15.7. The van der Waals surface area contributed by atoms with Crippen LogP contribution < -0.4 is 5.32 Å². The fraction of sp³-hybridized carbons (Fsp3) is 0.652. The first kappa shape index (κ1) is 46.4. The molecule has 4 fully saturated rings. The summed E-state index contributed by atoms with van der Waals surface area (Å²) in [6.07, 6.45) is 4.53. The number of unbranched alkanes of at least 4 members (excludes halogenated alkanes) is 4. The smallest absolute Gasteiger partial charge is 0.327 e. The summed E-state index contributed by atoms with van der Waals surface area (Å²) in [5, 5.41) is 14.9. The Kier molecular flexibility index (Phi) is 15.4. The van der Waals surface area contributed by atoms with Gasteiger partial charge in [-0.1, -0.05) is 82.0 Å². The van der Waals surface area contributed by atoms with E-state index in [-0.39, 0.29) is 32.2 Å². The Morgan fingerprint density at radius 2 is 1.62 bits per heavy atom. The average Bonchev–Trinajstić information content (AvgIpc) is 3.77. The molecule has 2 N–H and O–H groups in total. The molecule has 3 saturated heterocycles. The van der Waals surface area contributed by atoms with E-state index in [4.69, 9.17) is 23.8 Å². The zero-order valence-electron chi connectivity index (χ0n) is 36.0. The summed E-state index contributed by atoms with van der Waals surface area (Å²) in [4.78, 5) is 65.5. The van der Waals surface area contributed by atoms with E-state index in [1.54, 1.807) is 32.9 Å². The molecule has 2 amide bonds. The molecule has 1 aliphatic carbocycles.